The number of benzene rings is 13. The number of hydrogen-bond donors (Lipinski definition) is 0. The van der Waals surface area contributed by atoms with Crippen LogP contribution in [0.1, 0.15) is 16.7 Å². The molecule has 0 saturated carbocycles. The first-order valence-corrected chi connectivity index (χ1v) is 33.6. The van der Waals surface area contributed by atoms with E-state index in [1.54, 1.807) is 0 Å². The van der Waals surface area contributed by atoms with Gasteiger partial charge in [0.2, 0.25) is 0 Å². The van der Waals surface area contributed by atoms with Gasteiger partial charge in [-0.1, -0.05) is 0 Å². The number of para-hydroxylation sites is 6. The summed E-state index contributed by atoms with van der Waals surface area (Å²) in [5.41, 5.74) is 25.1. The molecule has 6 nitrogen and oxygen atoms in total. The van der Waals surface area contributed by atoms with Crippen molar-refractivity contribution in [3.05, 3.63) is 284 Å². The van der Waals surface area contributed by atoms with E-state index in [2.05, 4.69) is 316 Å². The summed E-state index contributed by atoms with van der Waals surface area (Å²) in [6, 6.07) is 102. The van der Waals surface area contributed by atoms with Gasteiger partial charge in [-0.2, -0.15) is 0 Å². The Morgan fingerprint density at radius 2 is 0.523 bits per heavy atom. The second-order valence-corrected chi connectivity index (χ2v) is 29.4. The van der Waals surface area contributed by atoms with E-state index < -0.39 is 20.2 Å². The van der Waals surface area contributed by atoms with Crippen molar-refractivity contribution in [1.82, 2.24) is 13.7 Å². The van der Waals surface area contributed by atoms with Gasteiger partial charge in [0.1, 0.15) is 0 Å². The van der Waals surface area contributed by atoms with Gasteiger partial charge in [-0.25, -0.2) is 0 Å². The van der Waals surface area contributed by atoms with Crippen LogP contribution in [0, 0.1) is 20.8 Å². The molecule has 3 aliphatic heterocycles. The summed E-state index contributed by atoms with van der Waals surface area (Å²) < 4.78 is 12.0. The van der Waals surface area contributed by atoms with E-state index in [1.165, 1.54) is 138 Å². The van der Waals surface area contributed by atoms with Crippen LogP contribution < -0.4 is 25.2 Å². The van der Waals surface area contributed by atoms with E-state index in [4.69, 9.17) is 0 Å². The second kappa shape index (κ2) is 17.9. The molecule has 7 heteroatoms. The molecule has 3 aliphatic rings. The number of aromatic nitrogens is 3. The van der Waals surface area contributed by atoms with E-state index in [0.717, 1.165) is 34.1 Å². The van der Waals surface area contributed by atoms with Gasteiger partial charge in [-0.3, -0.25) is 0 Å². The Kier molecular flexibility index (Phi) is 10.0. The maximum atomic E-state index is 2.68. The third kappa shape index (κ3) is 6.62. The predicted octanol–water partition coefficient (Wildman–Crippen LogP) is 18.9. The standard InChI is InChI=1S/C79H53N6.Sb/c1-51-28-34-55(35-29-51)80-59-43-54-42-58(83-73-22-10-4-16-67(73)68-17-5-11-23-74(68)83)40-41-66(54)79(50-59)82(57-38-32-53(3)33-39-57)63-45-62(48-65(49-63)85-77-26-14-8-20-71(77)72-21-9-15-27-78(72)85)81(56-36-30-52(2)31-37-56)61-44-60(80)46-64(47-61)84-75-24-12-6-18-69(75)70-19-7-13-25-76(70)84;/h4-43,46-49H,1-3H3;. The summed E-state index contributed by atoms with van der Waals surface area (Å²) in [6.45, 7) is 6.61. The first-order valence-electron chi connectivity index (χ1n) is 29.7. The number of nitrogens with zero attached hydrogens (tertiary/aromatic N) is 6. The monoisotopic (exact) mass is 1210 g/mol. The molecular weight excluding hydrogens is 1150 g/mol. The van der Waals surface area contributed by atoms with Gasteiger partial charge >= 0.3 is 508 Å². The van der Waals surface area contributed by atoms with Gasteiger partial charge < -0.3 is 0 Å². The number of anilines is 9. The van der Waals surface area contributed by atoms with Gasteiger partial charge in [0.15, 0.2) is 0 Å². The molecule has 404 valence electrons. The molecule has 6 heterocycles. The van der Waals surface area contributed by atoms with Crippen molar-refractivity contribution < 1.29 is 0 Å². The zero-order valence-corrected chi connectivity index (χ0v) is 50.1. The topological polar surface area (TPSA) is 24.5 Å². The van der Waals surface area contributed by atoms with Crippen LogP contribution in [-0.4, -0.2) is 33.9 Å². The summed E-state index contributed by atoms with van der Waals surface area (Å²) in [5.74, 6) is 0. The Labute approximate surface area is 504 Å². The van der Waals surface area contributed by atoms with Gasteiger partial charge in [0.25, 0.3) is 0 Å². The van der Waals surface area contributed by atoms with Crippen molar-refractivity contribution in [2.75, 3.05) is 14.7 Å². The van der Waals surface area contributed by atoms with Crippen LogP contribution in [0.4, 0.5) is 51.2 Å². The molecule has 19 rings (SSSR count). The Morgan fingerprint density at radius 1 is 0.233 bits per heavy atom. The molecule has 3 aromatic heterocycles. The molecule has 0 aliphatic carbocycles. The van der Waals surface area contributed by atoms with Crippen LogP contribution in [0.25, 0.3) is 93.3 Å². The molecule has 16 aromatic rings. The number of fused-ring (bicyclic) bond motifs is 11. The molecule has 13 aromatic carbocycles. The number of hydrogen-bond acceptors (Lipinski definition) is 3. The van der Waals surface area contributed by atoms with Gasteiger partial charge in [-0.05, 0) is 0 Å². The van der Waals surface area contributed by atoms with Crippen molar-refractivity contribution in [2.24, 2.45) is 0 Å². The maximum absolute atomic E-state index is 3.27. The van der Waals surface area contributed by atoms with E-state index in [0.29, 0.717) is 0 Å². The predicted molar refractivity (Wildman–Crippen MR) is 363 cm³/mol. The first kappa shape index (κ1) is 48.1. The Balaban J connectivity index is 1.01. The molecule has 86 heavy (non-hydrogen) atoms. The van der Waals surface area contributed by atoms with Crippen molar-refractivity contribution >= 4 is 158 Å². The van der Waals surface area contributed by atoms with E-state index in [1.807, 2.05) is 0 Å². The van der Waals surface area contributed by atoms with Gasteiger partial charge in [-0.15, -0.1) is 0 Å². The SMILES string of the molecule is Cc1ccc(N2c3cc(-n4c5ccccc5c5ccccc54)cc4[c]3[Sb]3[c]5c2cc(-n2c6ccccc6c6ccccc62)cc5N(c2ccc(C)cc2)c2[c]3c(cc3cc(-n5c6ccccc6c6ccccc65)ccc23)N4c2ccc(C)cc2)cc1. The molecule has 0 bridgehead atoms. The minimum atomic E-state index is -3.27. The quantitative estimate of drug-likeness (QED) is 0.155. The number of rotatable bonds is 6. The van der Waals surface area contributed by atoms with E-state index in [-0.39, 0.29) is 0 Å². The Bertz CT molecular complexity index is 5410. The molecule has 0 fully saturated rings. The fourth-order valence-corrected chi connectivity index (χ4v) is 23.7. The van der Waals surface area contributed by atoms with Crippen molar-refractivity contribution in [3.8, 4) is 17.1 Å². The minimum absolute atomic E-state index is 1.13. The van der Waals surface area contributed by atoms with Crippen LogP contribution in [0.5, 0.6) is 0 Å². The first-order chi connectivity index (χ1) is 42.4. The summed E-state index contributed by atoms with van der Waals surface area (Å²) in [7, 11) is 0. The molecular formula is C79H53N6Sb. The van der Waals surface area contributed by atoms with Crippen molar-refractivity contribution in [1.29, 1.82) is 0 Å². The molecule has 0 N–H and O–H groups in total. The third-order valence-corrected chi connectivity index (χ3v) is 26.4. The zero-order chi connectivity index (χ0) is 56.6. The average molecular weight is 1210 g/mol. The number of aryl methyl sites for hydroxylation is 3. The molecule has 0 spiro atoms. The molecule has 0 unspecified atom stereocenters. The normalized spacial score (nSPS) is 13.4. The Morgan fingerprint density at radius 3 is 0.884 bits per heavy atom. The average Bonchev–Trinajstić information content (AvgIpc) is 0.826. The van der Waals surface area contributed by atoms with Crippen molar-refractivity contribution in [3.63, 3.8) is 0 Å². The van der Waals surface area contributed by atoms with Crippen LogP contribution in [0.2, 0.25) is 0 Å². The van der Waals surface area contributed by atoms with Gasteiger partial charge in [0.05, 0.1) is 0 Å². The second-order valence-electron chi connectivity index (χ2n) is 23.6. The van der Waals surface area contributed by atoms with Crippen molar-refractivity contribution in [2.45, 2.75) is 20.8 Å². The summed E-state index contributed by atoms with van der Waals surface area (Å²) in [5, 5.41) is 9.91. The van der Waals surface area contributed by atoms with Crippen LogP contribution in [0.15, 0.2) is 267 Å². The summed E-state index contributed by atoms with van der Waals surface area (Å²) >= 11 is -3.27. The van der Waals surface area contributed by atoms with E-state index >= 15 is 0 Å². The molecule has 0 saturated heterocycles. The summed E-state index contributed by atoms with van der Waals surface area (Å²) in [6.07, 6.45) is 0. The fourth-order valence-electron chi connectivity index (χ4n) is 14.9. The van der Waals surface area contributed by atoms with Gasteiger partial charge in [0, 0.05) is 0 Å². The summed E-state index contributed by atoms with van der Waals surface area (Å²) in [4.78, 5) is 7.99. The molecule has 0 amide bonds. The Hall–Kier alpha value is -10.3. The third-order valence-electron chi connectivity index (χ3n) is 18.6. The fraction of sp³-hybridized carbons (Fsp3) is 0.0380. The zero-order valence-electron chi connectivity index (χ0n) is 47.5. The molecule has 0 atom stereocenters. The van der Waals surface area contributed by atoms with Crippen LogP contribution in [0.3, 0.4) is 0 Å². The van der Waals surface area contributed by atoms with E-state index in [9.17, 15) is 0 Å². The van der Waals surface area contributed by atoms with Crippen LogP contribution >= 0.6 is 0 Å². The van der Waals surface area contributed by atoms with Crippen LogP contribution in [-0.2, 0) is 0 Å². The molecule has 0 radical (unpaired) electrons.